The molecule has 0 radical (unpaired) electrons. The minimum atomic E-state index is 0.600. The van der Waals surface area contributed by atoms with E-state index in [1.165, 1.54) is 38.8 Å². The molecule has 2 unspecified atom stereocenters. The third-order valence-corrected chi connectivity index (χ3v) is 4.93. The van der Waals surface area contributed by atoms with Crippen molar-refractivity contribution in [3.05, 3.63) is 35.4 Å². The molecule has 2 atom stereocenters. The highest BCUT2D eigenvalue weighted by atomic mass is 15.2. The second-order valence-corrected chi connectivity index (χ2v) is 6.81. The van der Waals surface area contributed by atoms with E-state index in [-0.39, 0.29) is 0 Å². The lowest BCUT2D eigenvalue weighted by molar-refractivity contribution is 0.131. The SMILES string of the molecule is CC(C)NCC1CCCCN1CC1Cc2ccccc21. The average molecular weight is 272 g/mol. The quantitative estimate of drug-likeness (QED) is 0.885. The summed E-state index contributed by atoms with van der Waals surface area (Å²) in [5, 5.41) is 3.63. The van der Waals surface area contributed by atoms with Gasteiger partial charge in [0, 0.05) is 31.1 Å². The van der Waals surface area contributed by atoms with Crippen LogP contribution >= 0.6 is 0 Å². The summed E-state index contributed by atoms with van der Waals surface area (Å²) in [5.41, 5.74) is 3.18. The Hall–Kier alpha value is -0.860. The highest BCUT2D eigenvalue weighted by Crippen LogP contribution is 2.36. The summed E-state index contributed by atoms with van der Waals surface area (Å²) in [6, 6.07) is 10.3. The maximum absolute atomic E-state index is 3.63. The normalized spacial score (nSPS) is 26.4. The van der Waals surface area contributed by atoms with Crippen LogP contribution in [0.5, 0.6) is 0 Å². The lowest BCUT2D eigenvalue weighted by Crippen LogP contribution is -2.49. The van der Waals surface area contributed by atoms with Crippen molar-refractivity contribution in [1.29, 1.82) is 0 Å². The van der Waals surface area contributed by atoms with E-state index < -0.39 is 0 Å². The summed E-state index contributed by atoms with van der Waals surface area (Å²) in [6.07, 6.45) is 5.44. The Morgan fingerprint density at radius 1 is 1.25 bits per heavy atom. The molecule has 1 N–H and O–H groups in total. The van der Waals surface area contributed by atoms with Crippen LogP contribution in [0.15, 0.2) is 24.3 Å². The number of nitrogens with one attached hydrogen (secondary N) is 1. The Balaban J connectivity index is 1.58. The van der Waals surface area contributed by atoms with E-state index in [0.29, 0.717) is 6.04 Å². The number of hydrogen-bond donors (Lipinski definition) is 1. The molecule has 0 saturated carbocycles. The summed E-state index contributed by atoms with van der Waals surface area (Å²) in [5.74, 6) is 0.783. The van der Waals surface area contributed by atoms with Gasteiger partial charge in [0.25, 0.3) is 0 Å². The molecule has 1 aromatic rings. The van der Waals surface area contributed by atoms with E-state index in [0.717, 1.165) is 18.5 Å². The monoisotopic (exact) mass is 272 g/mol. The van der Waals surface area contributed by atoms with Gasteiger partial charge in [0.2, 0.25) is 0 Å². The molecule has 2 heteroatoms. The van der Waals surface area contributed by atoms with Crippen molar-refractivity contribution in [2.75, 3.05) is 19.6 Å². The van der Waals surface area contributed by atoms with Crippen molar-refractivity contribution in [1.82, 2.24) is 10.2 Å². The molecule has 0 spiro atoms. The van der Waals surface area contributed by atoms with Gasteiger partial charge in [0.1, 0.15) is 0 Å². The molecule has 1 saturated heterocycles. The molecule has 3 rings (SSSR count). The molecular weight excluding hydrogens is 244 g/mol. The minimum Gasteiger partial charge on any atom is -0.313 e. The zero-order valence-electron chi connectivity index (χ0n) is 12.9. The highest BCUT2D eigenvalue weighted by Gasteiger charge is 2.30. The van der Waals surface area contributed by atoms with E-state index in [1.54, 1.807) is 11.1 Å². The molecule has 1 fully saturated rings. The molecule has 1 aliphatic carbocycles. The van der Waals surface area contributed by atoms with Gasteiger partial charge >= 0.3 is 0 Å². The third kappa shape index (κ3) is 3.07. The fraction of sp³-hybridized carbons (Fsp3) is 0.667. The third-order valence-electron chi connectivity index (χ3n) is 4.93. The largest absolute Gasteiger partial charge is 0.313 e. The van der Waals surface area contributed by atoms with Gasteiger partial charge in [0.15, 0.2) is 0 Å². The van der Waals surface area contributed by atoms with Gasteiger partial charge in [-0.3, -0.25) is 4.90 Å². The van der Waals surface area contributed by atoms with Crippen molar-refractivity contribution < 1.29 is 0 Å². The van der Waals surface area contributed by atoms with Gasteiger partial charge in [-0.05, 0) is 36.9 Å². The molecule has 1 aromatic carbocycles. The molecule has 2 aliphatic rings. The van der Waals surface area contributed by atoms with Crippen LogP contribution in [0, 0.1) is 0 Å². The van der Waals surface area contributed by atoms with E-state index in [1.807, 2.05) is 0 Å². The maximum Gasteiger partial charge on any atom is 0.0220 e. The number of hydrogen-bond acceptors (Lipinski definition) is 2. The maximum atomic E-state index is 3.63. The highest BCUT2D eigenvalue weighted by molar-refractivity contribution is 5.40. The Kier molecular flexibility index (Phi) is 4.42. The van der Waals surface area contributed by atoms with Crippen LogP contribution in [-0.2, 0) is 6.42 Å². The average Bonchev–Trinajstić information content (AvgIpc) is 2.43. The lowest BCUT2D eigenvalue weighted by atomic mass is 9.77. The first-order valence-corrected chi connectivity index (χ1v) is 8.29. The van der Waals surface area contributed by atoms with E-state index in [4.69, 9.17) is 0 Å². The van der Waals surface area contributed by atoms with Gasteiger partial charge in [-0.1, -0.05) is 44.5 Å². The summed E-state index contributed by atoms with van der Waals surface area (Å²) in [4.78, 5) is 2.75. The first kappa shape index (κ1) is 14.1. The first-order valence-electron chi connectivity index (χ1n) is 8.29. The number of benzene rings is 1. The van der Waals surface area contributed by atoms with Gasteiger partial charge in [-0.25, -0.2) is 0 Å². The number of likely N-dealkylation sites (tertiary alicyclic amines) is 1. The summed E-state index contributed by atoms with van der Waals surface area (Å²) in [7, 11) is 0. The Bertz CT molecular complexity index is 441. The minimum absolute atomic E-state index is 0.600. The molecule has 2 nitrogen and oxygen atoms in total. The molecule has 110 valence electrons. The molecule has 1 heterocycles. The summed E-state index contributed by atoms with van der Waals surface area (Å²) >= 11 is 0. The molecule has 0 amide bonds. The molecular formula is C18H28N2. The standard InChI is InChI=1S/C18H28N2/c1-14(2)19-12-17-8-5-6-10-20(17)13-16-11-15-7-3-4-9-18(15)16/h3-4,7,9,14,16-17,19H,5-6,8,10-13H2,1-2H3. The Morgan fingerprint density at radius 2 is 2.10 bits per heavy atom. The lowest BCUT2D eigenvalue weighted by Gasteiger charge is -2.41. The fourth-order valence-electron chi connectivity index (χ4n) is 3.71. The van der Waals surface area contributed by atoms with E-state index >= 15 is 0 Å². The second kappa shape index (κ2) is 6.28. The molecule has 0 aromatic heterocycles. The van der Waals surface area contributed by atoms with Crippen molar-refractivity contribution in [3.8, 4) is 0 Å². The van der Waals surface area contributed by atoms with Gasteiger partial charge < -0.3 is 5.32 Å². The van der Waals surface area contributed by atoms with E-state index in [9.17, 15) is 0 Å². The van der Waals surface area contributed by atoms with Crippen LogP contribution in [0.4, 0.5) is 0 Å². The fourth-order valence-corrected chi connectivity index (χ4v) is 3.71. The molecule has 0 bridgehead atoms. The Labute approximate surface area is 123 Å². The summed E-state index contributed by atoms with van der Waals surface area (Å²) < 4.78 is 0. The number of fused-ring (bicyclic) bond motifs is 1. The molecule has 20 heavy (non-hydrogen) atoms. The number of rotatable bonds is 5. The zero-order valence-corrected chi connectivity index (χ0v) is 12.9. The topological polar surface area (TPSA) is 15.3 Å². The smallest absolute Gasteiger partial charge is 0.0220 e. The van der Waals surface area contributed by atoms with Gasteiger partial charge in [-0.15, -0.1) is 0 Å². The van der Waals surface area contributed by atoms with E-state index in [2.05, 4.69) is 48.3 Å². The number of piperidine rings is 1. The van der Waals surface area contributed by atoms with Crippen molar-refractivity contribution in [3.63, 3.8) is 0 Å². The van der Waals surface area contributed by atoms with Crippen LogP contribution in [0.1, 0.15) is 50.2 Å². The van der Waals surface area contributed by atoms with Crippen LogP contribution in [0.2, 0.25) is 0 Å². The second-order valence-electron chi connectivity index (χ2n) is 6.81. The Morgan fingerprint density at radius 3 is 2.90 bits per heavy atom. The number of nitrogens with zero attached hydrogens (tertiary/aromatic N) is 1. The van der Waals surface area contributed by atoms with Crippen LogP contribution < -0.4 is 5.32 Å². The first-order chi connectivity index (χ1) is 9.74. The van der Waals surface area contributed by atoms with Crippen LogP contribution in [0.3, 0.4) is 0 Å². The summed E-state index contributed by atoms with van der Waals surface area (Å²) in [6.45, 7) is 8.21. The zero-order chi connectivity index (χ0) is 13.9. The molecule has 1 aliphatic heterocycles. The van der Waals surface area contributed by atoms with Crippen LogP contribution in [0.25, 0.3) is 0 Å². The predicted octanol–water partition coefficient (Wildman–Crippen LogP) is 3.18. The van der Waals surface area contributed by atoms with Crippen LogP contribution in [-0.4, -0.2) is 36.6 Å². The van der Waals surface area contributed by atoms with Gasteiger partial charge in [-0.2, -0.15) is 0 Å². The van der Waals surface area contributed by atoms with Crippen molar-refractivity contribution in [2.45, 2.75) is 57.5 Å². The van der Waals surface area contributed by atoms with Crippen molar-refractivity contribution in [2.24, 2.45) is 0 Å². The van der Waals surface area contributed by atoms with Crippen molar-refractivity contribution >= 4 is 0 Å². The predicted molar refractivity (Wildman–Crippen MR) is 85.2 cm³/mol. The van der Waals surface area contributed by atoms with Gasteiger partial charge in [0.05, 0.1) is 0 Å².